The van der Waals surface area contributed by atoms with E-state index in [0.717, 1.165) is 0 Å². The van der Waals surface area contributed by atoms with Crippen LogP contribution in [0.4, 0.5) is 5.69 Å². The number of nitrogens with zero attached hydrogens (tertiary/aromatic N) is 1. The van der Waals surface area contributed by atoms with Crippen molar-refractivity contribution in [2.24, 2.45) is 0 Å². The number of carbonyl (C=O) groups excluding carboxylic acids is 3. The van der Waals surface area contributed by atoms with Crippen molar-refractivity contribution in [2.45, 2.75) is 26.0 Å². The van der Waals surface area contributed by atoms with Gasteiger partial charge < -0.3 is 15.4 Å². The van der Waals surface area contributed by atoms with Gasteiger partial charge in [0.05, 0.1) is 11.6 Å². The number of hydrogen-bond donors (Lipinski definition) is 2. The van der Waals surface area contributed by atoms with Gasteiger partial charge in [0.25, 0.3) is 11.8 Å². The molecule has 0 bridgehead atoms. The number of anilines is 1. The first-order chi connectivity index (χ1) is 12.9. The van der Waals surface area contributed by atoms with E-state index in [4.69, 9.17) is 10.00 Å². The Morgan fingerprint density at radius 3 is 2.41 bits per heavy atom. The maximum absolute atomic E-state index is 12.2. The zero-order valence-electron chi connectivity index (χ0n) is 14.9. The molecular formula is C20H19N3O4. The van der Waals surface area contributed by atoms with Gasteiger partial charge in [0.2, 0.25) is 0 Å². The molecule has 0 aliphatic rings. The highest BCUT2D eigenvalue weighted by atomic mass is 16.5. The Labute approximate surface area is 156 Å². The predicted molar refractivity (Wildman–Crippen MR) is 98.7 cm³/mol. The number of hydrogen-bond acceptors (Lipinski definition) is 5. The number of amides is 2. The molecule has 2 atom stereocenters. The minimum Gasteiger partial charge on any atom is -0.451 e. The van der Waals surface area contributed by atoms with Gasteiger partial charge >= 0.3 is 5.97 Å². The lowest BCUT2D eigenvalue weighted by molar-refractivity contribution is -0.154. The number of nitrogens with one attached hydrogen (secondary N) is 2. The van der Waals surface area contributed by atoms with E-state index in [1.165, 1.54) is 19.9 Å². The van der Waals surface area contributed by atoms with E-state index in [2.05, 4.69) is 10.6 Å². The first-order valence-electron chi connectivity index (χ1n) is 8.28. The van der Waals surface area contributed by atoms with Gasteiger partial charge in [-0.3, -0.25) is 9.59 Å². The van der Waals surface area contributed by atoms with E-state index in [0.29, 0.717) is 16.8 Å². The third-order valence-electron chi connectivity index (χ3n) is 3.66. The molecule has 0 saturated carbocycles. The smallest absolute Gasteiger partial charge is 0.329 e. The van der Waals surface area contributed by atoms with Crippen molar-refractivity contribution in [3.8, 4) is 6.07 Å². The second kappa shape index (κ2) is 9.15. The molecule has 2 N–H and O–H groups in total. The summed E-state index contributed by atoms with van der Waals surface area (Å²) in [5, 5.41) is 14.0. The van der Waals surface area contributed by atoms with E-state index >= 15 is 0 Å². The second-order valence-electron chi connectivity index (χ2n) is 5.82. The minimum absolute atomic E-state index is 0.398. The van der Waals surface area contributed by atoms with Crippen molar-refractivity contribution in [3.63, 3.8) is 0 Å². The highest BCUT2D eigenvalue weighted by Crippen LogP contribution is 2.11. The fourth-order valence-corrected chi connectivity index (χ4v) is 2.17. The van der Waals surface area contributed by atoms with E-state index in [1.807, 2.05) is 6.07 Å². The summed E-state index contributed by atoms with van der Waals surface area (Å²) in [6.45, 7) is 2.90. The number of carbonyl (C=O) groups is 3. The van der Waals surface area contributed by atoms with Crippen LogP contribution in [0.15, 0.2) is 54.6 Å². The lowest BCUT2D eigenvalue weighted by Gasteiger charge is -2.17. The molecule has 0 heterocycles. The Balaban J connectivity index is 1.89. The molecule has 138 valence electrons. The quantitative estimate of drug-likeness (QED) is 0.763. The Morgan fingerprint density at radius 2 is 1.74 bits per heavy atom. The molecule has 7 nitrogen and oxygen atoms in total. The average Bonchev–Trinajstić information content (AvgIpc) is 2.68. The van der Waals surface area contributed by atoms with Crippen LogP contribution in [0.1, 0.15) is 29.8 Å². The van der Waals surface area contributed by atoms with Crippen LogP contribution in [0.5, 0.6) is 0 Å². The lowest BCUT2D eigenvalue weighted by Crippen LogP contribution is -2.42. The first-order valence-corrected chi connectivity index (χ1v) is 8.28. The number of nitriles is 1. The third-order valence-corrected chi connectivity index (χ3v) is 3.66. The van der Waals surface area contributed by atoms with E-state index in [9.17, 15) is 14.4 Å². The fraction of sp³-hybridized carbons (Fsp3) is 0.200. The number of ether oxygens (including phenoxy) is 1. The van der Waals surface area contributed by atoms with Crippen molar-refractivity contribution in [1.29, 1.82) is 5.26 Å². The molecule has 0 aromatic heterocycles. The Bertz CT molecular complexity index is 874. The zero-order valence-corrected chi connectivity index (χ0v) is 14.9. The van der Waals surface area contributed by atoms with Crippen LogP contribution in [-0.2, 0) is 14.3 Å². The maximum atomic E-state index is 12.2. The van der Waals surface area contributed by atoms with E-state index in [1.54, 1.807) is 48.5 Å². The summed E-state index contributed by atoms with van der Waals surface area (Å²) < 4.78 is 5.11. The third kappa shape index (κ3) is 5.68. The van der Waals surface area contributed by atoms with Crippen molar-refractivity contribution >= 4 is 23.5 Å². The number of esters is 1. The van der Waals surface area contributed by atoms with Crippen molar-refractivity contribution in [3.05, 3.63) is 65.7 Å². The molecule has 0 aliphatic carbocycles. The molecule has 2 aromatic carbocycles. The summed E-state index contributed by atoms with van der Waals surface area (Å²) in [5.74, 6) is -1.68. The maximum Gasteiger partial charge on any atom is 0.329 e. The normalized spacial score (nSPS) is 12.2. The molecule has 2 rings (SSSR count). The van der Waals surface area contributed by atoms with Gasteiger partial charge in [0.1, 0.15) is 6.04 Å². The Kier molecular flexibility index (Phi) is 6.67. The van der Waals surface area contributed by atoms with Crippen molar-refractivity contribution in [2.75, 3.05) is 5.32 Å². The Hall–Kier alpha value is -3.66. The second-order valence-corrected chi connectivity index (χ2v) is 5.82. The summed E-state index contributed by atoms with van der Waals surface area (Å²) in [4.78, 5) is 36.3. The average molecular weight is 365 g/mol. The summed E-state index contributed by atoms with van der Waals surface area (Å²) in [7, 11) is 0. The van der Waals surface area contributed by atoms with Crippen LogP contribution in [0, 0.1) is 11.3 Å². The molecule has 2 aromatic rings. The standard InChI is InChI=1S/C20H19N3O4/c1-13(22-19(25)16-8-4-3-5-9-16)20(26)27-14(2)18(24)23-17-10-6-7-15(11-17)12-21/h3-11,13-14H,1-2H3,(H,22,25)(H,23,24)/t13-,14-/m0/s1. The summed E-state index contributed by atoms with van der Waals surface area (Å²) in [6, 6.07) is 15.9. The van der Waals surface area contributed by atoms with E-state index < -0.39 is 29.9 Å². The summed E-state index contributed by atoms with van der Waals surface area (Å²) >= 11 is 0. The lowest BCUT2D eigenvalue weighted by atomic mass is 10.2. The molecule has 27 heavy (non-hydrogen) atoms. The number of rotatable bonds is 6. The van der Waals surface area contributed by atoms with E-state index in [-0.39, 0.29) is 0 Å². The SMILES string of the molecule is C[C@H](NC(=O)c1ccccc1)C(=O)O[C@@H](C)C(=O)Nc1cccc(C#N)c1. The highest BCUT2D eigenvalue weighted by Gasteiger charge is 2.23. The summed E-state index contributed by atoms with van der Waals surface area (Å²) in [5.41, 5.74) is 1.24. The van der Waals surface area contributed by atoms with Crippen LogP contribution in [0.25, 0.3) is 0 Å². The highest BCUT2D eigenvalue weighted by molar-refractivity contribution is 5.98. The van der Waals surface area contributed by atoms with Gasteiger partial charge in [-0.1, -0.05) is 24.3 Å². The molecule has 0 fully saturated rings. The molecule has 0 radical (unpaired) electrons. The zero-order chi connectivity index (χ0) is 19.8. The van der Waals surface area contributed by atoms with Gasteiger partial charge in [0.15, 0.2) is 6.10 Å². The molecule has 0 saturated heterocycles. The minimum atomic E-state index is -1.07. The fourth-order valence-electron chi connectivity index (χ4n) is 2.17. The van der Waals surface area contributed by atoms with Crippen molar-refractivity contribution in [1.82, 2.24) is 5.32 Å². The molecule has 0 spiro atoms. The monoisotopic (exact) mass is 365 g/mol. The van der Waals surface area contributed by atoms with Gasteiger partial charge in [-0.05, 0) is 44.2 Å². The van der Waals surface area contributed by atoms with Gasteiger partial charge in [-0.25, -0.2) is 4.79 Å². The van der Waals surface area contributed by atoms with Gasteiger partial charge in [0, 0.05) is 11.3 Å². The van der Waals surface area contributed by atoms with Crippen LogP contribution in [0.2, 0.25) is 0 Å². The predicted octanol–water partition coefficient (Wildman–Crippen LogP) is 2.25. The van der Waals surface area contributed by atoms with Crippen LogP contribution < -0.4 is 10.6 Å². The molecule has 7 heteroatoms. The molecule has 0 unspecified atom stereocenters. The van der Waals surface area contributed by atoms with Crippen LogP contribution in [-0.4, -0.2) is 29.9 Å². The molecular weight excluding hydrogens is 346 g/mol. The summed E-state index contributed by atoms with van der Waals surface area (Å²) in [6.07, 6.45) is -1.07. The first kappa shape index (κ1) is 19.7. The Morgan fingerprint density at radius 1 is 1.04 bits per heavy atom. The van der Waals surface area contributed by atoms with Gasteiger partial charge in [-0.15, -0.1) is 0 Å². The topological polar surface area (TPSA) is 108 Å². The molecule has 0 aliphatic heterocycles. The molecule has 2 amide bonds. The van der Waals surface area contributed by atoms with Crippen LogP contribution >= 0.6 is 0 Å². The van der Waals surface area contributed by atoms with Crippen LogP contribution in [0.3, 0.4) is 0 Å². The largest absolute Gasteiger partial charge is 0.451 e. The van der Waals surface area contributed by atoms with Gasteiger partial charge in [-0.2, -0.15) is 5.26 Å². The van der Waals surface area contributed by atoms with Crippen molar-refractivity contribution < 1.29 is 19.1 Å². The number of benzene rings is 2.